The van der Waals surface area contributed by atoms with E-state index in [1.54, 1.807) is 30.3 Å². The van der Waals surface area contributed by atoms with E-state index in [1.165, 1.54) is 11.0 Å². The lowest BCUT2D eigenvalue weighted by molar-refractivity contribution is -0.118. The minimum atomic E-state index is -0.236. The minimum absolute atomic E-state index is 0.0882. The number of aromatic nitrogens is 4. The Morgan fingerprint density at radius 2 is 2.04 bits per heavy atom. The van der Waals surface area contributed by atoms with Crippen LogP contribution in [0.25, 0.3) is 5.69 Å². The zero-order valence-electron chi connectivity index (χ0n) is 11.9. The molecule has 1 heterocycles. The first-order valence-electron chi connectivity index (χ1n) is 6.72. The van der Waals surface area contributed by atoms with Crippen LogP contribution in [0.15, 0.2) is 59.3 Å². The third kappa shape index (κ3) is 4.13. The maximum Gasteiger partial charge on any atom is 0.262 e. The zero-order chi connectivity index (χ0) is 16.1. The van der Waals surface area contributed by atoms with Crippen molar-refractivity contribution in [2.24, 2.45) is 0 Å². The molecular formula is C15H12BrN5O2. The molecule has 0 spiro atoms. The molecule has 23 heavy (non-hydrogen) atoms. The van der Waals surface area contributed by atoms with E-state index < -0.39 is 0 Å². The van der Waals surface area contributed by atoms with Gasteiger partial charge < -0.3 is 10.1 Å². The van der Waals surface area contributed by atoms with Gasteiger partial charge in [0.05, 0.1) is 5.69 Å². The van der Waals surface area contributed by atoms with E-state index >= 15 is 0 Å². The van der Waals surface area contributed by atoms with Crippen LogP contribution in [0.5, 0.6) is 5.75 Å². The number of hydrogen-bond donors (Lipinski definition) is 1. The van der Waals surface area contributed by atoms with Gasteiger partial charge in [-0.1, -0.05) is 22.0 Å². The number of benzene rings is 2. The Hall–Kier alpha value is -2.74. The second kappa shape index (κ2) is 7.01. The number of anilines is 1. The van der Waals surface area contributed by atoms with Crippen LogP contribution in [0.1, 0.15) is 0 Å². The topological polar surface area (TPSA) is 81.9 Å². The average Bonchev–Trinajstić information content (AvgIpc) is 3.10. The van der Waals surface area contributed by atoms with Gasteiger partial charge in [-0.25, -0.2) is 4.68 Å². The van der Waals surface area contributed by atoms with E-state index in [1.807, 2.05) is 18.2 Å². The van der Waals surface area contributed by atoms with Crippen molar-refractivity contribution in [3.8, 4) is 11.4 Å². The zero-order valence-corrected chi connectivity index (χ0v) is 13.5. The van der Waals surface area contributed by atoms with Crippen LogP contribution in [-0.4, -0.2) is 32.7 Å². The molecule has 0 fully saturated rings. The van der Waals surface area contributed by atoms with Crippen LogP contribution in [0, 0.1) is 0 Å². The predicted octanol–water partition coefficient (Wildman–Crippen LogP) is 2.44. The van der Waals surface area contributed by atoms with Gasteiger partial charge in [0.2, 0.25) is 0 Å². The number of carbonyl (C=O) groups excluding carboxylic acids is 1. The molecule has 0 saturated carbocycles. The number of carbonyl (C=O) groups is 1. The molecule has 8 heteroatoms. The van der Waals surface area contributed by atoms with Gasteiger partial charge in [-0.2, -0.15) is 0 Å². The van der Waals surface area contributed by atoms with E-state index in [4.69, 9.17) is 4.74 Å². The Balaban J connectivity index is 1.58. The quantitative estimate of drug-likeness (QED) is 0.742. The number of nitrogens with zero attached hydrogens (tertiary/aromatic N) is 4. The van der Waals surface area contributed by atoms with Crippen molar-refractivity contribution in [1.29, 1.82) is 0 Å². The monoisotopic (exact) mass is 373 g/mol. The van der Waals surface area contributed by atoms with Gasteiger partial charge in [0.15, 0.2) is 6.61 Å². The van der Waals surface area contributed by atoms with Gasteiger partial charge in [0.1, 0.15) is 12.1 Å². The fraction of sp³-hybridized carbons (Fsp3) is 0.0667. The molecule has 2 aromatic carbocycles. The molecule has 0 radical (unpaired) electrons. The highest BCUT2D eigenvalue weighted by molar-refractivity contribution is 9.10. The molecule has 0 saturated heterocycles. The van der Waals surface area contributed by atoms with Crippen molar-refractivity contribution in [1.82, 2.24) is 20.2 Å². The van der Waals surface area contributed by atoms with Crippen molar-refractivity contribution in [3.05, 3.63) is 59.3 Å². The van der Waals surface area contributed by atoms with Crippen LogP contribution in [-0.2, 0) is 4.79 Å². The molecule has 0 unspecified atom stereocenters. The largest absolute Gasteiger partial charge is 0.484 e. The number of hydrogen-bond acceptors (Lipinski definition) is 5. The summed E-state index contributed by atoms with van der Waals surface area (Å²) in [6.07, 6.45) is 1.49. The first kappa shape index (κ1) is 15.2. The molecule has 1 N–H and O–H groups in total. The molecule has 0 bridgehead atoms. The van der Waals surface area contributed by atoms with Crippen molar-refractivity contribution in [2.45, 2.75) is 0 Å². The third-order valence-corrected chi connectivity index (χ3v) is 3.46. The lowest BCUT2D eigenvalue weighted by Crippen LogP contribution is -2.20. The Kier molecular flexibility index (Phi) is 4.62. The number of rotatable bonds is 5. The number of amides is 1. The number of halogens is 1. The summed E-state index contributed by atoms with van der Waals surface area (Å²) in [5, 5.41) is 13.7. The van der Waals surface area contributed by atoms with E-state index in [0.717, 1.165) is 10.2 Å². The van der Waals surface area contributed by atoms with Crippen molar-refractivity contribution in [2.75, 3.05) is 11.9 Å². The SMILES string of the molecule is O=C(COc1cccc(-n2cnnn2)c1)Nc1ccc(Br)cc1. The summed E-state index contributed by atoms with van der Waals surface area (Å²) in [4.78, 5) is 11.9. The van der Waals surface area contributed by atoms with Crippen molar-refractivity contribution in [3.63, 3.8) is 0 Å². The highest BCUT2D eigenvalue weighted by Gasteiger charge is 2.05. The lowest BCUT2D eigenvalue weighted by atomic mass is 10.3. The summed E-state index contributed by atoms with van der Waals surface area (Å²) in [5.41, 5.74) is 1.46. The van der Waals surface area contributed by atoms with Crippen LogP contribution in [0.3, 0.4) is 0 Å². The van der Waals surface area contributed by atoms with E-state index in [-0.39, 0.29) is 12.5 Å². The third-order valence-electron chi connectivity index (χ3n) is 2.93. The maximum absolute atomic E-state index is 11.9. The Labute approximate surface area is 140 Å². The van der Waals surface area contributed by atoms with Gasteiger partial charge in [0, 0.05) is 16.2 Å². The summed E-state index contributed by atoms with van der Waals surface area (Å²) in [6, 6.07) is 14.5. The standard InChI is InChI=1S/C15H12BrN5O2/c16-11-4-6-12(7-5-11)18-15(22)9-23-14-3-1-2-13(8-14)21-10-17-19-20-21/h1-8,10H,9H2,(H,18,22). The molecule has 0 aliphatic rings. The molecule has 3 rings (SSSR count). The van der Waals surface area contributed by atoms with Crippen LogP contribution < -0.4 is 10.1 Å². The Morgan fingerprint density at radius 1 is 1.22 bits per heavy atom. The van der Waals surface area contributed by atoms with Gasteiger partial charge in [-0.05, 0) is 46.8 Å². The van der Waals surface area contributed by atoms with Gasteiger partial charge >= 0.3 is 0 Å². The van der Waals surface area contributed by atoms with E-state index in [0.29, 0.717) is 11.4 Å². The van der Waals surface area contributed by atoms with E-state index in [9.17, 15) is 4.79 Å². The fourth-order valence-electron chi connectivity index (χ4n) is 1.87. The molecule has 1 aromatic heterocycles. The molecule has 116 valence electrons. The predicted molar refractivity (Wildman–Crippen MR) is 87.4 cm³/mol. The highest BCUT2D eigenvalue weighted by Crippen LogP contribution is 2.16. The molecule has 0 aliphatic heterocycles. The second-order valence-electron chi connectivity index (χ2n) is 4.60. The first-order valence-corrected chi connectivity index (χ1v) is 7.52. The van der Waals surface area contributed by atoms with E-state index in [2.05, 4.69) is 36.8 Å². The fourth-order valence-corrected chi connectivity index (χ4v) is 2.14. The van der Waals surface area contributed by atoms with Gasteiger partial charge in [-0.3, -0.25) is 4.79 Å². The summed E-state index contributed by atoms with van der Waals surface area (Å²) in [5.74, 6) is 0.323. The summed E-state index contributed by atoms with van der Waals surface area (Å²) >= 11 is 3.34. The highest BCUT2D eigenvalue weighted by atomic mass is 79.9. The van der Waals surface area contributed by atoms with Crippen LogP contribution in [0.4, 0.5) is 5.69 Å². The lowest BCUT2D eigenvalue weighted by Gasteiger charge is -2.08. The number of nitrogens with one attached hydrogen (secondary N) is 1. The molecule has 0 atom stereocenters. The maximum atomic E-state index is 11.9. The average molecular weight is 374 g/mol. The molecule has 7 nitrogen and oxygen atoms in total. The summed E-state index contributed by atoms with van der Waals surface area (Å²) in [7, 11) is 0. The second-order valence-corrected chi connectivity index (χ2v) is 5.51. The Morgan fingerprint density at radius 3 is 2.78 bits per heavy atom. The first-order chi connectivity index (χ1) is 11.2. The van der Waals surface area contributed by atoms with Gasteiger partial charge in [-0.15, -0.1) is 5.10 Å². The normalized spacial score (nSPS) is 10.3. The minimum Gasteiger partial charge on any atom is -0.484 e. The van der Waals surface area contributed by atoms with Crippen LogP contribution >= 0.6 is 15.9 Å². The van der Waals surface area contributed by atoms with Crippen molar-refractivity contribution < 1.29 is 9.53 Å². The molecule has 1 amide bonds. The Bertz CT molecular complexity index is 790. The van der Waals surface area contributed by atoms with Crippen molar-refractivity contribution >= 4 is 27.5 Å². The molecule has 3 aromatic rings. The molecule has 0 aliphatic carbocycles. The van der Waals surface area contributed by atoms with Gasteiger partial charge in [0.25, 0.3) is 5.91 Å². The number of ether oxygens (including phenoxy) is 1. The number of tetrazole rings is 1. The molecular weight excluding hydrogens is 362 g/mol. The smallest absolute Gasteiger partial charge is 0.262 e. The summed E-state index contributed by atoms with van der Waals surface area (Å²) < 4.78 is 7.96. The summed E-state index contributed by atoms with van der Waals surface area (Å²) in [6.45, 7) is -0.0882. The van der Waals surface area contributed by atoms with Crippen LogP contribution in [0.2, 0.25) is 0 Å².